The summed E-state index contributed by atoms with van der Waals surface area (Å²) in [6.45, 7) is 3.79. The molecule has 2 aliphatic rings. The van der Waals surface area contributed by atoms with Gasteiger partial charge in [-0.25, -0.2) is 0 Å². The van der Waals surface area contributed by atoms with Crippen molar-refractivity contribution in [3.05, 3.63) is 66.5 Å². The number of amides is 2. The number of hydrogen-bond acceptors (Lipinski definition) is 3. The number of rotatable bonds is 6. The van der Waals surface area contributed by atoms with Crippen molar-refractivity contribution in [3.63, 3.8) is 0 Å². The Morgan fingerprint density at radius 1 is 1.19 bits per heavy atom. The molecule has 2 amide bonds. The lowest BCUT2D eigenvalue weighted by Crippen LogP contribution is -2.55. The lowest BCUT2D eigenvalue weighted by Gasteiger charge is -2.43. The normalized spacial score (nSPS) is 23.0. The highest BCUT2D eigenvalue weighted by atomic mass is 16.2. The zero-order valence-electron chi connectivity index (χ0n) is 18.9. The van der Waals surface area contributed by atoms with Crippen LogP contribution in [0.15, 0.2) is 60.9 Å². The van der Waals surface area contributed by atoms with Crippen LogP contribution < -0.4 is 5.32 Å². The van der Waals surface area contributed by atoms with E-state index in [2.05, 4.69) is 40.7 Å². The van der Waals surface area contributed by atoms with Gasteiger partial charge in [0.05, 0.1) is 5.41 Å². The highest BCUT2D eigenvalue weighted by Gasteiger charge is 2.44. The van der Waals surface area contributed by atoms with Crippen molar-refractivity contribution in [1.29, 1.82) is 0 Å². The number of pyridine rings is 1. The molecule has 0 spiro atoms. The molecule has 1 N–H and O–H groups in total. The van der Waals surface area contributed by atoms with Gasteiger partial charge in [0.25, 0.3) is 0 Å². The molecule has 5 nitrogen and oxygen atoms in total. The third-order valence-corrected chi connectivity index (χ3v) is 6.79. The van der Waals surface area contributed by atoms with Gasteiger partial charge < -0.3 is 10.2 Å². The first-order chi connectivity index (χ1) is 15.6. The number of nitrogens with one attached hydrogen (secondary N) is 1. The Hall–Kier alpha value is -2.95. The maximum absolute atomic E-state index is 13.4. The lowest BCUT2D eigenvalue weighted by molar-refractivity contribution is -0.144. The van der Waals surface area contributed by atoms with Crippen molar-refractivity contribution in [2.24, 2.45) is 11.3 Å². The average Bonchev–Trinajstić information content (AvgIpc) is 2.85. The first-order valence-corrected chi connectivity index (χ1v) is 11.8. The van der Waals surface area contributed by atoms with E-state index in [1.165, 1.54) is 0 Å². The van der Waals surface area contributed by atoms with Gasteiger partial charge in [-0.2, -0.15) is 0 Å². The summed E-state index contributed by atoms with van der Waals surface area (Å²) in [6.07, 6.45) is 12.9. The lowest BCUT2D eigenvalue weighted by atomic mass is 9.73. The summed E-state index contributed by atoms with van der Waals surface area (Å²) in [7, 11) is 0. The monoisotopic (exact) mass is 431 g/mol. The van der Waals surface area contributed by atoms with Crippen molar-refractivity contribution >= 4 is 11.8 Å². The number of carbonyl (C=O) groups is 2. The van der Waals surface area contributed by atoms with E-state index in [0.29, 0.717) is 19.5 Å². The predicted octanol–water partition coefficient (Wildman–Crippen LogP) is 4.39. The number of aromatic nitrogens is 1. The minimum atomic E-state index is -0.595. The van der Waals surface area contributed by atoms with Crippen LogP contribution in [0, 0.1) is 11.3 Å². The molecule has 32 heavy (non-hydrogen) atoms. The molecule has 4 rings (SSSR count). The van der Waals surface area contributed by atoms with E-state index in [9.17, 15) is 9.59 Å². The third kappa shape index (κ3) is 4.93. The van der Waals surface area contributed by atoms with Crippen LogP contribution in [-0.2, 0) is 16.0 Å². The molecule has 2 aromatic rings. The Kier molecular flexibility index (Phi) is 7.03. The van der Waals surface area contributed by atoms with Crippen LogP contribution >= 0.6 is 0 Å². The molecule has 2 heterocycles. The van der Waals surface area contributed by atoms with E-state index in [1.54, 1.807) is 6.20 Å². The zero-order chi connectivity index (χ0) is 22.4. The van der Waals surface area contributed by atoms with E-state index in [-0.39, 0.29) is 17.7 Å². The maximum Gasteiger partial charge on any atom is 0.228 e. The van der Waals surface area contributed by atoms with Crippen LogP contribution in [-0.4, -0.2) is 41.3 Å². The molecular formula is C27H33N3O2. The molecule has 1 aliphatic carbocycles. The number of hydrogen-bond donors (Lipinski definition) is 1. The van der Waals surface area contributed by atoms with Gasteiger partial charge in [-0.1, -0.05) is 42.5 Å². The molecule has 0 saturated carbocycles. The largest absolute Gasteiger partial charge is 0.356 e. The number of piperidine rings is 1. The average molecular weight is 432 g/mol. The van der Waals surface area contributed by atoms with Crippen molar-refractivity contribution in [1.82, 2.24) is 15.2 Å². The Morgan fingerprint density at radius 3 is 2.81 bits per heavy atom. The highest BCUT2D eigenvalue weighted by molar-refractivity contribution is 5.85. The van der Waals surface area contributed by atoms with Gasteiger partial charge in [0.1, 0.15) is 0 Å². The molecule has 1 aromatic heterocycles. The first-order valence-electron chi connectivity index (χ1n) is 11.8. The highest BCUT2D eigenvalue weighted by Crippen LogP contribution is 2.36. The summed E-state index contributed by atoms with van der Waals surface area (Å²) in [6, 6.07) is 12.3. The number of likely N-dealkylation sites (tertiary alicyclic amines) is 1. The summed E-state index contributed by atoms with van der Waals surface area (Å²) in [5, 5.41) is 3.06. The van der Waals surface area contributed by atoms with Crippen LogP contribution in [0.2, 0.25) is 0 Å². The molecule has 1 saturated heterocycles. The van der Waals surface area contributed by atoms with E-state index in [1.807, 2.05) is 36.2 Å². The van der Waals surface area contributed by atoms with E-state index in [4.69, 9.17) is 0 Å². The number of allylic oxidation sites excluding steroid dienone is 2. The van der Waals surface area contributed by atoms with Crippen LogP contribution in [0.1, 0.15) is 44.6 Å². The van der Waals surface area contributed by atoms with E-state index >= 15 is 0 Å². The minimum absolute atomic E-state index is 0.0546. The van der Waals surface area contributed by atoms with Crippen LogP contribution in [0.5, 0.6) is 0 Å². The second kappa shape index (κ2) is 10.1. The number of nitrogens with zero attached hydrogens (tertiary/aromatic N) is 2. The van der Waals surface area contributed by atoms with Gasteiger partial charge in [0.15, 0.2) is 0 Å². The Labute approximate surface area is 190 Å². The smallest absolute Gasteiger partial charge is 0.228 e. The minimum Gasteiger partial charge on any atom is -0.356 e. The second-order valence-electron chi connectivity index (χ2n) is 9.10. The molecular weight excluding hydrogens is 398 g/mol. The molecule has 0 bridgehead atoms. The summed E-state index contributed by atoms with van der Waals surface area (Å²) in [5.41, 5.74) is 2.68. The molecule has 0 radical (unpaired) electrons. The predicted molar refractivity (Wildman–Crippen MR) is 127 cm³/mol. The Morgan fingerprint density at radius 2 is 2.06 bits per heavy atom. The number of carbonyl (C=O) groups excluding carboxylic acids is 2. The standard InChI is InChI=1S/C27H33N3O2/c1-2-29-26(32)27(14-8-16-30(20-27)25(31)22-10-4-3-5-11-22)18-21-9-6-12-23(17-21)24-13-7-15-28-19-24/h3-4,6-7,9,12-13,15,17,19,22H,2,5,8,10-11,14,16,18,20H2,1H3,(H,29,32). The third-order valence-electron chi connectivity index (χ3n) is 6.79. The van der Waals surface area contributed by atoms with Crippen LogP contribution in [0.3, 0.4) is 0 Å². The maximum atomic E-state index is 13.4. The fraction of sp³-hybridized carbons (Fsp3) is 0.444. The van der Waals surface area contributed by atoms with Crippen molar-refractivity contribution in [2.75, 3.05) is 19.6 Å². The van der Waals surface area contributed by atoms with Crippen LogP contribution in [0.25, 0.3) is 11.1 Å². The summed E-state index contributed by atoms with van der Waals surface area (Å²) >= 11 is 0. The fourth-order valence-electron chi connectivity index (χ4n) is 5.14. The fourth-order valence-corrected chi connectivity index (χ4v) is 5.14. The molecule has 1 fully saturated rings. The zero-order valence-corrected chi connectivity index (χ0v) is 18.9. The Balaban J connectivity index is 1.59. The molecule has 5 heteroatoms. The summed E-state index contributed by atoms with van der Waals surface area (Å²) in [5.74, 6) is 0.332. The first kappa shape index (κ1) is 22.3. The van der Waals surface area contributed by atoms with Crippen molar-refractivity contribution in [3.8, 4) is 11.1 Å². The van der Waals surface area contributed by atoms with Gasteiger partial charge in [-0.3, -0.25) is 14.6 Å². The van der Waals surface area contributed by atoms with Gasteiger partial charge in [-0.15, -0.1) is 0 Å². The topological polar surface area (TPSA) is 62.3 Å². The molecule has 1 aromatic carbocycles. The summed E-state index contributed by atoms with van der Waals surface area (Å²) in [4.78, 5) is 32.8. The molecule has 168 valence electrons. The molecule has 2 unspecified atom stereocenters. The quantitative estimate of drug-likeness (QED) is 0.690. The summed E-state index contributed by atoms with van der Waals surface area (Å²) < 4.78 is 0. The van der Waals surface area contributed by atoms with Gasteiger partial charge >= 0.3 is 0 Å². The van der Waals surface area contributed by atoms with Crippen molar-refractivity contribution in [2.45, 2.75) is 45.4 Å². The molecule has 1 aliphatic heterocycles. The Bertz CT molecular complexity index is 972. The van der Waals surface area contributed by atoms with Gasteiger partial charge in [-0.05, 0) is 68.2 Å². The van der Waals surface area contributed by atoms with E-state index in [0.717, 1.165) is 55.3 Å². The number of benzene rings is 1. The SMILES string of the molecule is CCNC(=O)C1(Cc2cccc(-c3cccnc3)c2)CCCN(C(=O)C2CC=CCC2)C1. The second-order valence-corrected chi connectivity index (χ2v) is 9.10. The van der Waals surface area contributed by atoms with E-state index < -0.39 is 5.41 Å². The van der Waals surface area contributed by atoms with Gasteiger partial charge in [0.2, 0.25) is 11.8 Å². The molecule has 2 atom stereocenters. The van der Waals surface area contributed by atoms with Crippen molar-refractivity contribution < 1.29 is 9.59 Å². The van der Waals surface area contributed by atoms with Gasteiger partial charge in [0, 0.05) is 37.9 Å². The van der Waals surface area contributed by atoms with Crippen LogP contribution in [0.4, 0.5) is 0 Å².